The van der Waals surface area contributed by atoms with Crippen molar-refractivity contribution in [2.45, 2.75) is 25.3 Å². The van der Waals surface area contributed by atoms with E-state index in [9.17, 15) is 0 Å². The molecule has 1 aliphatic carbocycles. The molecule has 2 N–H and O–H groups in total. The molecule has 3 rings (SSSR count). The fourth-order valence-corrected chi connectivity index (χ4v) is 2.22. The molecule has 1 fully saturated rings. The second-order valence-electron chi connectivity index (χ2n) is 4.35. The SMILES string of the molecule is NCc1cc(C2CC2)nc2cc(Cl)ccc12. The first-order valence-corrected chi connectivity index (χ1v) is 5.95. The predicted molar refractivity (Wildman–Crippen MR) is 66.6 cm³/mol. The summed E-state index contributed by atoms with van der Waals surface area (Å²) in [6, 6.07) is 7.96. The lowest BCUT2D eigenvalue weighted by Gasteiger charge is -2.07. The summed E-state index contributed by atoms with van der Waals surface area (Å²) in [6.07, 6.45) is 2.51. The Morgan fingerprint density at radius 2 is 2.12 bits per heavy atom. The molecule has 0 atom stereocenters. The maximum Gasteiger partial charge on any atom is 0.0723 e. The third-order valence-electron chi connectivity index (χ3n) is 3.09. The molecule has 16 heavy (non-hydrogen) atoms. The van der Waals surface area contributed by atoms with Gasteiger partial charge in [-0.15, -0.1) is 0 Å². The Bertz CT molecular complexity index is 547. The molecule has 1 aliphatic rings. The Labute approximate surface area is 99.4 Å². The number of hydrogen-bond donors (Lipinski definition) is 1. The van der Waals surface area contributed by atoms with Crippen LogP contribution >= 0.6 is 11.6 Å². The number of nitrogens with two attached hydrogens (primary N) is 1. The van der Waals surface area contributed by atoms with Crippen LogP contribution in [0.25, 0.3) is 10.9 Å². The molecule has 0 bridgehead atoms. The van der Waals surface area contributed by atoms with Crippen molar-refractivity contribution in [3.8, 4) is 0 Å². The zero-order valence-electron chi connectivity index (χ0n) is 8.91. The van der Waals surface area contributed by atoms with Gasteiger partial charge in [0.25, 0.3) is 0 Å². The lowest BCUT2D eigenvalue weighted by atomic mass is 10.1. The molecule has 0 aliphatic heterocycles. The lowest BCUT2D eigenvalue weighted by molar-refractivity contribution is 1.01. The van der Waals surface area contributed by atoms with Gasteiger partial charge in [-0.25, -0.2) is 0 Å². The van der Waals surface area contributed by atoms with E-state index in [1.807, 2.05) is 18.2 Å². The third-order valence-corrected chi connectivity index (χ3v) is 3.33. The van der Waals surface area contributed by atoms with Crippen LogP contribution in [-0.2, 0) is 6.54 Å². The molecule has 0 saturated heterocycles. The number of benzene rings is 1. The number of fused-ring (bicyclic) bond motifs is 1. The van der Waals surface area contributed by atoms with Gasteiger partial charge in [0.05, 0.1) is 5.52 Å². The standard InChI is InChI=1S/C13H13ClN2/c14-10-3-4-11-9(7-15)5-12(8-1-2-8)16-13(11)6-10/h3-6,8H,1-2,7,15H2. The van der Waals surface area contributed by atoms with Crippen molar-refractivity contribution < 1.29 is 0 Å². The van der Waals surface area contributed by atoms with Crippen LogP contribution in [0.15, 0.2) is 24.3 Å². The molecule has 2 nitrogen and oxygen atoms in total. The largest absolute Gasteiger partial charge is 0.326 e. The minimum atomic E-state index is 0.556. The molecule has 2 aromatic rings. The molecule has 1 aromatic carbocycles. The molecule has 82 valence electrons. The van der Waals surface area contributed by atoms with E-state index in [4.69, 9.17) is 17.3 Å². The van der Waals surface area contributed by atoms with Crippen LogP contribution in [0.3, 0.4) is 0 Å². The highest BCUT2D eigenvalue weighted by Gasteiger charge is 2.25. The molecular weight excluding hydrogens is 220 g/mol. The summed E-state index contributed by atoms with van der Waals surface area (Å²) in [6.45, 7) is 0.556. The van der Waals surface area contributed by atoms with E-state index in [1.165, 1.54) is 24.1 Å². The van der Waals surface area contributed by atoms with Crippen LogP contribution in [-0.4, -0.2) is 4.98 Å². The number of aromatic nitrogens is 1. The van der Waals surface area contributed by atoms with Crippen LogP contribution in [0.5, 0.6) is 0 Å². The molecular formula is C13H13ClN2. The highest BCUT2D eigenvalue weighted by Crippen LogP contribution is 2.40. The molecule has 0 amide bonds. The Morgan fingerprint density at radius 3 is 2.81 bits per heavy atom. The van der Waals surface area contributed by atoms with Crippen molar-refractivity contribution in [1.29, 1.82) is 0 Å². The number of nitrogens with zero attached hydrogens (tertiary/aromatic N) is 1. The van der Waals surface area contributed by atoms with Crippen LogP contribution < -0.4 is 5.73 Å². The van der Waals surface area contributed by atoms with Crippen molar-refractivity contribution in [2.24, 2.45) is 5.73 Å². The van der Waals surface area contributed by atoms with E-state index in [0.717, 1.165) is 15.9 Å². The van der Waals surface area contributed by atoms with Gasteiger partial charge in [-0.2, -0.15) is 0 Å². The average Bonchev–Trinajstić information content (AvgIpc) is 3.10. The topological polar surface area (TPSA) is 38.9 Å². The van der Waals surface area contributed by atoms with Crippen molar-refractivity contribution in [3.63, 3.8) is 0 Å². The summed E-state index contributed by atoms with van der Waals surface area (Å²) in [5.41, 5.74) is 9.10. The first-order chi connectivity index (χ1) is 7.78. The van der Waals surface area contributed by atoms with Gasteiger partial charge in [0.15, 0.2) is 0 Å². The van der Waals surface area contributed by atoms with Gasteiger partial charge in [-0.1, -0.05) is 17.7 Å². The first-order valence-electron chi connectivity index (χ1n) is 5.57. The number of rotatable bonds is 2. The van der Waals surface area contributed by atoms with E-state index >= 15 is 0 Å². The van der Waals surface area contributed by atoms with Crippen molar-refractivity contribution in [1.82, 2.24) is 4.98 Å². The summed E-state index contributed by atoms with van der Waals surface area (Å²) in [5.74, 6) is 0.647. The third kappa shape index (κ3) is 1.68. The Morgan fingerprint density at radius 1 is 1.31 bits per heavy atom. The van der Waals surface area contributed by atoms with Crippen molar-refractivity contribution in [2.75, 3.05) is 0 Å². The number of hydrogen-bond acceptors (Lipinski definition) is 2. The second kappa shape index (κ2) is 3.72. The summed E-state index contributed by atoms with van der Waals surface area (Å²) in [7, 11) is 0. The van der Waals surface area contributed by atoms with Crippen LogP contribution in [0, 0.1) is 0 Å². The molecule has 0 unspecified atom stereocenters. The molecule has 3 heteroatoms. The van der Waals surface area contributed by atoms with Crippen LogP contribution in [0.4, 0.5) is 0 Å². The smallest absolute Gasteiger partial charge is 0.0723 e. The van der Waals surface area contributed by atoms with Crippen molar-refractivity contribution >= 4 is 22.5 Å². The van der Waals surface area contributed by atoms with Gasteiger partial charge < -0.3 is 5.73 Å². The maximum atomic E-state index is 5.99. The normalized spacial score (nSPS) is 15.6. The highest BCUT2D eigenvalue weighted by molar-refractivity contribution is 6.31. The quantitative estimate of drug-likeness (QED) is 0.864. The monoisotopic (exact) mass is 232 g/mol. The van der Waals surface area contributed by atoms with Gasteiger partial charge >= 0.3 is 0 Å². The van der Waals surface area contributed by atoms with E-state index in [1.54, 1.807) is 0 Å². The van der Waals surface area contributed by atoms with E-state index in [-0.39, 0.29) is 0 Å². The van der Waals surface area contributed by atoms with E-state index in [2.05, 4.69) is 11.1 Å². The molecule has 0 spiro atoms. The van der Waals surface area contributed by atoms with Gasteiger partial charge in [0.2, 0.25) is 0 Å². The van der Waals surface area contributed by atoms with E-state index < -0.39 is 0 Å². The molecule has 1 saturated carbocycles. The zero-order chi connectivity index (χ0) is 11.1. The minimum absolute atomic E-state index is 0.556. The molecule has 1 heterocycles. The highest BCUT2D eigenvalue weighted by atomic mass is 35.5. The van der Waals surface area contributed by atoms with Gasteiger partial charge in [-0.3, -0.25) is 4.98 Å². The molecule has 0 radical (unpaired) electrons. The fourth-order valence-electron chi connectivity index (χ4n) is 2.05. The van der Waals surface area contributed by atoms with E-state index in [0.29, 0.717) is 12.5 Å². The van der Waals surface area contributed by atoms with Crippen LogP contribution in [0.1, 0.15) is 30.0 Å². The second-order valence-corrected chi connectivity index (χ2v) is 4.78. The minimum Gasteiger partial charge on any atom is -0.326 e. The summed E-state index contributed by atoms with van der Waals surface area (Å²) in [4.78, 5) is 4.67. The Balaban J connectivity index is 2.26. The Hall–Kier alpha value is -1.12. The van der Waals surface area contributed by atoms with Gasteiger partial charge in [-0.05, 0) is 36.6 Å². The maximum absolute atomic E-state index is 5.99. The number of halogens is 1. The first kappa shape index (κ1) is 10.1. The summed E-state index contributed by atoms with van der Waals surface area (Å²) < 4.78 is 0. The lowest BCUT2D eigenvalue weighted by Crippen LogP contribution is -2.00. The summed E-state index contributed by atoms with van der Waals surface area (Å²) in [5, 5.41) is 1.85. The molecule has 1 aromatic heterocycles. The van der Waals surface area contributed by atoms with Crippen molar-refractivity contribution in [3.05, 3.63) is 40.5 Å². The zero-order valence-corrected chi connectivity index (χ0v) is 9.67. The number of pyridine rings is 1. The van der Waals surface area contributed by atoms with Gasteiger partial charge in [0, 0.05) is 28.6 Å². The Kier molecular flexibility index (Phi) is 2.34. The summed E-state index contributed by atoms with van der Waals surface area (Å²) >= 11 is 5.99. The average molecular weight is 233 g/mol. The van der Waals surface area contributed by atoms with Gasteiger partial charge in [0.1, 0.15) is 0 Å². The van der Waals surface area contributed by atoms with Crippen LogP contribution in [0.2, 0.25) is 5.02 Å². The predicted octanol–water partition coefficient (Wildman–Crippen LogP) is 3.22. The fraction of sp³-hybridized carbons (Fsp3) is 0.308.